The molecule has 0 saturated heterocycles. The van der Waals surface area contributed by atoms with Gasteiger partial charge in [0.15, 0.2) is 0 Å². The Labute approximate surface area is 95.4 Å². The summed E-state index contributed by atoms with van der Waals surface area (Å²) in [5.41, 5.74) is 9.18. The number of carbonyl (C=O) groups excluding carboxylic acids is 1. The summed E-state index contributed by atoms with van der Waals surface area (Å²) in [6.07, 6.45) is 1.51. The molecule has 1 aliphatic rings. The van der Waals surface area contributed by atoms with Crippen LogP contribution in [0.25, 0.3) is 0 Å². The number of rotatable bonds is 3. The lowest BCUT2D eigenvalue weighted by Crippen LogP contribution is -2.27. The molecule has 86 valence electrons. The third kappa shape index (κ3) is 1.96. The van der Waals surface area contributed by atoms with Gasteiger partial charge in [0, 0.05) is 43.5 Å². The minimum atomic E-state index is 0.0809. The van der Waals surface area contributed by atoms with Crippen molar-refractivity contribution in [1.29, 1.82) is 0 Å². The average Bonchev–Trinajstić information content (AvgIpc) is 2.70. The molecule has 0 bridgehead atoms. The summed E-state index contributed by atoms with van der Waals surface area (Å²) in [6, 6.07) is 5.97. The lowest BCUT2D eigenvalue weighted by Gasteiger charge is -2.18. The molecule has 4 heteroatoms. The molecule has 1 amide bonds. The highest BCUT2D eigenvalue weighted by Crippen LogP contribution is 2.31. The summed E-state index contributed by atoms with van der Waals surface area (Å²) >= 11 is 0. The number of anilines is 2. The number of hydrogen-bond donors (Lipinski definition) is 2. The molecular formula is C12H17N3O. The van der Waals surface area contributed by atoms with Crippen molar-refractivity contribution >= 4 is 17.3 Å². The van der Waals surface area contributed by atoms with Crippen molar-refractivity contribution in [1.82, 2.24) is 5.32 Å². The molecule has 0 atom stereocenters. The second-order valence-corrected chi connectivity index (χ2v) is 4.01. The van der Waals surface area contributed by atoms with Crippen molar-refractivity contribution in [2.24, 2.45) is 0 Å². The van der Waals surface area contributed by atoms with Crippen LogP contribution in [0.3, 0.4) is 0 Å². The molecule has 0 fully saturated rings. The number of nitrogens with zero attached hydrogens (tertiary/aromatic N) is 1. The number of benzene rings is 1. The quantitative estimate of drug-likeness (QED) is 0.738. The second-order valence-electron chi connectivity index (χ2n) is 4.01. The molecule has 2 rings (SSSR count). The van der Waals surface area contributed by atoms with E-state index in [1.165, 1.54) is 11.3 Å². The van der Waals surface area contributed by atoms with Crippen molar-refractivity contribution in [2.75, 3.05) is 30.8 Å². The van der Waals surface area contributed by atoms with Crippen molar-refractivity contribution in [2.45, 2.75) is 12.8 Å². The number of nitrogens with two attached hydrogens (primary N) is 1. The number of nitrogen functional groups attached to an aromatic ring is 1. The zero-order valence-electron chi connectivity index (χ0n) is 9.49. The van der Waals surface area contributed by atoms with E-state index in [2.05, 4.69) is 16.3 Å². The lowest BCUT2D eigenvalue weighted by molar-refractivity contribution is -0.120. The molecule has 0 unspecified atom stereocenters. The molecular weight excluding hydrogens is 202 g/mol. The van der Waals surface area contributed by atoms with Gasteiger partial charge in [-0.15, -0.1) is 0 Å². The molecule has 1 aliphatic heterocycles. The van der Waals surface area contributed by atoms with Gasteiger partial charge in [0.05, 0.1) is 0 Å². The Bertz CT molecular complexity index is 403. The third-order valence-corrected chi connectivity index (χ3v) is 3.05. The fourth-order valence-corrected chi connectivity index (χ4v) is 2.12. The fourth-order valence-electron chi connectivity index (χ4n) is 2.12. The summed E-state index contributed by atoms with van der Waals surface area (Å²) in [6.45, 7) is 1.72. The Kier molecular flexibility index (Phi) is 2.99. The molecule has 0 radical (unpaired) electrons. The summed E-state index contributed by atoms with van der Waals surface area (Å²) in [5, 5.41) is 2.63. The molecule has 4 nitrogen and oxygen atoms in total. The van der Waals surface area contributed by atoms with E-state index in [9.17, 15) is 4.79 Å². The Morgan fingerprint density at radius 1 is 1.56 bits per heavy atom. The smallest absolute Gasteiger partial charge is 0.221 e. The molecule has 0 saturated carbocycles. The van der Waals surface area contributed by atoms with Crippen LogP contribution in [0.15, 0.2) is 18.2 Å². The van der Waals surface area contributed by atoms with Gasteiger partial charge < -0.3 is 16.0 Å². The normalized spacial score (nSPS) is 13.7. The van der Waals surface area contributed by atoms with Gasteiger partial charge in [-0.05, 0) is 18.6 Å². The van der Waals surface area contributed by atoms with Gasteiger partial charge in [-0.3, -0.25) is 4.79 Å². The van der Waals surface area contributed by atoms with Crippen molar-refractivity contribution in [3.05, 3.63) is 23.8 Å². The fraction of sp³-hybridized carbons (Fsp3) is 0.417. The first-order valence-corrected chi connectivity index (χ1v) is 5.55. The van der Waals surface area contributed by atoms with Crippen LogP contribution in [0.4, 0.5) is 11.4 Å². The van der Waals surface area contributed by atoms with Crippen LogP contribution in [0.5, 0.6) is 0 Å². The van der Waals surface area contributed by atoms with E-state index < -0.39 is 0 Å². The SMILES string of the molecule is CNC(=O)CCN1CCc2c(N)cccc21. The predicted molar refractivity (Wildman–Crippen MR) is 65.5 cm³/mol. The van der Waals surface area contributed by atoms with Gasteiger partial charge in [-0.1, -0.05) is 6.07 Å². The maximum absolute atomic E-state index is 11.2. The largest absolute Gasteiger partial charge is 0.398 e. The highest BCUT2D eigenvalue weighted by molar-refractivity contribution is 5.76. The highest BCUT2D eigenvalue weighted by Gasteiger charge is 2.20. The molecule has 0 spiro atoms. The van der Waals surface area contributed by atoms with Crippen molar-refractivity contribution in [3.63, 3.8) is 0 Å². The van der Waals surface area contributed by atoms with Gasteiger partial charge in [0.2, 0.25) is 5.91 Å². The van der Waals surface area contributed by atoms with Crippen LogP contribution >= 0.6 is 0 Å². The number of amides is 1. The van der Waals surface area contributed by atoms with Gasteiger partial charge in [0.25, 0.3) is 0 Å². The zero-order valence-corrected chi connectivity index (χ0v) is 9.49. The molecule has 0 aromatic heterocycles. The van der Waals surface area contributed by atoms with Crippen LogP contribution in [0.2, 0.25) is 0 Å². The van der Waals surface area contributed by atoms with E-state index in [1.54, 1.807) is 7.05 Å². The van der Waals surface area contributed by atoms with Crippen molar-refractivity contribution in [3.8, 4) is 0 Å². The molecule has 3 N–H and O–H groups in total. The second kappa shape index (κ2) is 4.43. The first-order valence-electron chi connectivity index (χ1n) is 5.55. The van der Waals surface area contributed by atoms with E-state index in [1.807, 2.05) is 12.1 Å². The predicted octanol–water partition coefficient (Wildman–Crippen LogP) is 0.767. The Hall–Kier alpha value is -1.71. The number of nitrogens with one attached hydrogen (secondary N) is 1. The topological polar surface area (TPSA) is 58.4 Å². The van der Waals surface area contributed by atoms with E-state index in [0.717, 1.165) is 25.2 Å². The zero-order chi connectivity index (χ0) is 11.5. The van der Waals surface area contributed by atoms with E-state index in [0.29, 0.717) is 6.42 Å². The van der Waals surface area contributed by atoms with E-state index >= 15 is 0 Å². The minimum Gasteiger partial charge on any atom is -0.398 e. The summed E-state index contributed by atoms with van der Waals surface area (Å²) in [5.74, 6) is 0.0809. The maximum atomic E-state index is 11.2. The van der Waals surface area contributed by atoms with Gasteiger partial charge in [0.1, 0.15) is 0 Å². The number of carbonyl (C=O) groups is 1. The third-order valence-electron chi connectivity index (χ3n) is 3.05. The monoisotopic (exact) mass is 219 g/mol. The first kappa shape index (κ1) is 10.8. The van der Waals surface area contributed by atoms with Crippen LogP contribution < -0.4 is 16.0 Å². The van der Waals surface area contributed by atoms with Crippen LogP contribution in [-0.2, 0) is 11.2 Å². The van der Waals surface area contributed by atoms with Crippen molar-refractivity contribution < 1.29 is 4.79 Å². The van der Waals surface area contributed by atoms with Gasteiger partial charge in [-0.2, -0.15) is 0 Å². The Morgan fingerprint density at radius 2 is 2.38 bits per heavy atom. The Balaban J connectivity index is 2.06. The molecule has 1 aromatic rings. The summed E-state index contributed by atoms with van der Waals surface area (Å²) < 4.78 is 0. The van der Waals surface area contributed by atoms with E-state index in [-0.39, 0.29) is 5.91 Å². The van der Waals surface area contributed by atoms with Crippen LogP contribution in [-0.4, -0.2) is 26.0 Å². The maximum Gasteiger partial charge on any atom is 0.221 e. The first-order chi connectivity index (χ1) is 7.72. The van der Waals surface area contributed by atoms with Gasteiger partial charge >= 0.3 is 0 Å². The Morgan fingerprint density at radius 3 is 3.12 bits per heavy atom. The standard InChI is InChI=1S/C12H17N3O/c1-14-12(16)6-8-15-7-5-9-10(13)3-2-4-11(9)15/h2-4H,5-8,13H2,1H3,(H,14,16). The number of hydrogen-bond acceptors (Lipinski definition) is 3. The molecule has 1 heterocycles. The van der Waals surface area contributed by atoms with Crippen LogP contribution in [0.1, 0.15) is 12.0 Å². The van der Waals surface area contributed by atoms with E-state index in [4.69, 9.17) is 5.73 Å². The summed E-state index contributed by atoms with van der Waals surface area (Å²) in [4.78, 5) is 13.4. The summed E-state index contributed by atoms with van der Waals surface area (Å²) in [7, 11) is 1.66. The lowest BCUT2D eigenvalue weighted by atomic mass is 10.1. The van der Waals surface area contributed by atoms with Gasteiger partial charge in [-0.25, -0.2) is 0 Å². The minimum absolute atomic E-state index is 0.0809. The highest BCUT2D eigenvalue weighted by atomic mass is 16.1. The molecule has 16 heavy (non-hydrogen) atoms. The average molecular weight is 219 g/mol. The number of fused-ring (bicyclic) bond motifs is 1. The molecule has 1 aromatic carbocycles. The molecule has 0 aliphatic carbocycles. The van der Waals surface area contributed by atoms with Crippen LogP contribution in [0, 0.1) is 0 Å².